The van der Waals surface area contributed by atoms with Crippen LogP contribution in [0, 0.1) is 6.92 Å². The standard InChI is InChI=1S/C30H29N3O4/c1-3-37-24-13-11-23(12-14-24)33-28(34)18-27(30(33)36)32(29(35)21-8-6-7-20(2)17-21)16-15-22-19-31-26-10-5-4-9-25(22)26/h4-14,17,19,27,31H,3,15-16,18H2,1-2H3. The number of para-hydroxylation sites is 1. The Balaban J connectivity index is 1.44. The summed E-state index contributed by atoms with van der Waals surface area (Å²) in [5, 5.41) is 1.08. The molecule has 4 aromatic rings. The lowest BCUT2D eigenvalue weighted by atomic mass is 10.1. The van der Waals surface area contributed by atoms with Gasteiger partial charge in [-0.2, -0.15) is 0 Å². The molecule has 7 nitrogen and oxygen atoms in total. The number of carbonyl (C=O) groups excluding carboxylic acids is 3. The van der Waals surface area contributed by atoms with Crippen LogP contribution in [0.5, 0.6) is 5.75 Å². The summed E-state index contributed by atoms with van der Waals surface area (Å²) in [4.78, 5) is 46.4. The molecule has 2 heterocycles. The van der Waals surface area contributed by atoms with Crippen LogP contribution in [-0.2, 0) is 16.0 Å². The maximum atomic E-state index is 13.7. The molecule has 1 aromatic heterocycles. The quantitative estimate of drug-likeness (QED) is 0.353. The molecule has 3 aromatic carbocycles. The van der Waals surface area contributed by atoms with Gasteiger partial charge in [0.2, 0.25) is 5.91 Å². The summed E-state index contributed by atoms with van der Waals surface area (Å²) in [7, 11) is 0. The van der Waals surface area contributed by atoms with Gasteiger partial charge in [-0.15, -0.1) is 0 Å². The maximum Gasteiger partial charge on any atom is 0.257 e. The molecule has 37 heavy (non-hydrogen) atoms. The summed E-state index contributed by atoms with van der Waals surface area (Å²) in [5.41, 5.74) is 3.99. The fourth-order valence-corrected chi connectivity index (χ4v) is 4.91. The number of nitrogens with zero attached hydrogens (tertiary/aromatic N) is 2. The predicted octanol–water partition coefficient (Wildman–Crippen LogP) is 4.89. The van der Waals surface area contributed by atoms with Gasteiger partial charge in [-0.25, -0.2) is 4.90 Å². The van der Waals surface area contributed by atoms with Gasteiger partial charge >= 0.3 is 0 Å². The van der Waals surface area contributed by atoms with Crippen LogP contribution in [0.3, 0.4) is 0 Å². The molecule has 1 unspecified atom stereocenters. The summed E-state index contributed by atoms with van der Waals surface area (Å²) in [5.74, 6) is -0.317. The third-order valence-corrected chi connectivity index (χ3v) is 6.73. The van der Waals surface area contributed by atoms with Crippen LogP contribution in [0.1, 0.15) is 34.8 Å². The Kier molecular flexibility index (Phi) is 6.77. The Morgan fingerprint density at radius 1 is 1.05 bits per heavy atom. The van der Waals surface area contributed by atoms with E-state index in [9.17, 15) is 14.4 Å². The number of rotatable bonds is 8. The summed E-state index contributed by atoms with van der Waals surface area (Å²) >= 11 is 0. The number of H-pyrrole nitrogens is 1. The molecule has 0 aliphatic carbocycles. The number of nitrogens with one attached hydrogen (secondary N) is 1. The third kappa shape index (κ3) is 4.85. The van der Waals surface area contributed by atoms with Crippen molar-refractivity contribution in [1.29, 1.82) is 0 Å². The maximum absolute atomic E-state index is 13.7. The normalized spacial score (nSPS) is 15.4. The van der Waals surface area contributed by atoms with Crippen molar-refractivity contribution in [3.05, 3.63) is 95.7 Å². The smallest absolute Gasteiger partial charge is 0.257 e. The van der Waals surface area contributed by atoms with Gasteiger partial charge < -0.3 is 14.6 Å². The van der Waals surface area contributed by atoms with E-state index >= 15 is 0 Å². The molecule has 5 rings (SSSR count). The summed E-state index contributed by atoms with van der Waals surface area (Å²) in [6.45, 7) is 4.64. The number of aromatic nitrogens is 1. The van der Waals surface area contributed by atoms with E-state index in [2.05, 4.69) is 4.98 Å². The van der Waals surface area contributed by atoms with E-state index < -0.39 is 11.9 Å². The van der Waals surface area contributed by atoms with Gasteiger partial charge in [0.15, 0.2) is 0 Å². The second-order valence-corrected chi connectivity index (χ2v) is 9.19. The lowest BCUT2D eigenvalue weighted by Crippen LogP contribution is -2.46. The van der Waals surface area contributed by atoms with Crippen LogP contribution >= 0.6 is 0 Å². The van der Waals surface area contributed by atoms with Crippen LogP contribution in [0.15, 0.2) is 79.0 Å². The lowest BCUT2D eigenvalue weighted by molar-refractivity contribution is -0.122. The number of ether oxygens (including phenoxy) is 1. The first-order valence-corrected chi connectivity index (χ1v) is 12.5. The average Bonchev–Trinajstić information content (AvgIpc) is 3.45. The first kappa shape index (κ1) is 24.3. The topological polar surface area (TPSA) is 82.7 Å². The number of fused-ring (bicyclic) bond motifs is 1. The van der Waals surface area contributed by atoms with Crippen molar-refractivity contribution in [3.8, 4) is 5.75 Å². The van der Waals surface area contributed by atoms with E-state index in [0.29, 0.717) is 36.6 Å². The molecule has 0 saturated carbocycles. The Hall–Kier alpha value is -4.39. The van der Waals surface area contributed by atoms with Gasteiger partial charge in [-0.05, 0) is 68.3 Å². The van der Waals surface area contributed by atoms with Crippen molar-refractivity contribution in [1.82, 2.24) is 9.88 Å². The summed E-state index contributed by atoms with van der Waals surface area (Å²) in [6, 6.07) is 21.3. The number of aromatic amines is 1. The van der Waals surface area contributed by atoms with E-state index in [-0.39, 0.29) is 18.2 Å². The largest absolute Gasteiger partial charge is 0.494 e. The first-order valence-electron chi connectivity index (χ1n) is 12.5. The number of hydrogen-bond donors (Lipinski definition) is 1. The monoisotopic (exact) mass is 495 g/mol. The van der Waals surface area contributed by atoms with Crippen LogP contribution < -0.4 is 9.64 Å². The Morgan fingerprint density at radius 3 is 2.59 bits per heavy atom. The van der Waals surface area contributed by atoms with Crippen molar-refractivity contribution < 1.29 is 19.1 Å². The van der Waals surface area contributed by atoms with Gasteiger partial charge in [0, 0.05) is 29.2 Å². The molecule has 1 fully saturated rings. The second kappa shape index (κ2) is 10.3. The third-order valence-electron chi connectivity index (χ3n) is 6.73. The van der Waals surface area contributed by atoms with E-state index in [1.807, 2.05) is 62.5 Å². The van der Waals surface area contributed by atoms with Crippen molar-refractivity contribution in [3.63, 3.8) is 0 Å². The van der Waals surface area contributed by atoms with E-state index in [1.54, 1.807) is 35.2 Å². The van der Waals surface area contributed by atoms with Gasteiger partial charge in [0.1, 0.15) is 11.8 Å². The Bertz CT molecular complexity index is 1460. The highest BCUT2D eigenvalue weighted by Crippen LogP contribution is 2.29. The lowest BCUT2D eigenvalue weighted by Gasteiger charge is -2.28. The van der Waals surface area contributed by atoms with Crippen molar-refractivity contribution in [2.45, 2.75) is 32.7 Å². The van der Waals surface area contributed by atoms with Crippen molar-refractivity contribution in [2.75, 3.05) is 18.1 Å². The molecule has 1 N–H and O–H groups in total. The molecule has 1 aliphatic rings. The highest BCUT2D eigenvalue weighted by Gasteiger charge is 2.44. The first-order chi connectivity index (χ1) is 18.0. The molecule has 3 amide bonds. The van der Waals surface area contributed by atoms with E-state index in [0.717, 1.165) is 22.0 Å². The molecule has 1 aliphatic heterocycles. The number of benzene rings is 3. The molecule has 0 radical (unpaired) electrons. The fourth-order valence-electron chi connectivity index (χ4n) is 4.91. The fraction of sp³-hybridized carbons (Fsp3) is 0.233. The Morgan fingerprint density at radius 2 is 1.84 bits per heavy atom. The summed E-state index contributed by atoms with van der Waals surface area (Å²) in [6.07, 6.45) is 2.42. The minimum atomic E-state index is -0.878. The molecule has 1 saturated heterocycles. The number of amides is 3. The number of hydrogen-bond acceptors (Lipinski definition) is 4. The number of anilines is 1. The van der Waals surface area contributed by atoms with Crippen LogP contribution in [-0.4, -0.2) is 46.8 Å². The minimum Gasteiger partial charge on any atom is -0.494 e. The predicted molar refractivity (Wildman–Crippen MR) is 143 cm³/mol. The zero-order chi connectivity index (χ0) is 25.9. The number of carbonyl (C=O) groups is 3. The zero-order valence-corrected chi connectivity index (χ0v) is 20.9. The molecule has 188 valence electrons. The van der Waals surface area contributed by atoms with Gasteiger partial charge in [0.25, 0.3) is 11.8 Å². The second-order valence-electron chi connectivity index (χ2n) is 9.19. The SMILES string of the molecule is CCOc1ccc(N2C(=O)CC(N(CCc3c[nH]c4ccccc34)C(=O)c3cccc(C)c3)C2=O)cc1. The van der Waals surface area contributed by atoms with E-state index in [1.165, 1.54) is 4.90 Å². The molecular formula is C30H29N3O4. The van der Waals surface area contributed by atoms with Crippen molar-refractivity contribution >= 4 is 34.3 Å². The van der Waals surface area contributed by atoms with Gasteiger partial charge in [-0.1, -0.05) is 35.9 Å². The van der Waals surface area contributed by atoms with Crippen LogP contribution in [0.25, 0.3) is 10.9 Å². The van der Waals surface area contributed by atoms with E-state index in [4.69, 9.17) is 4.74 Å². The van der Waals surface area contributed by atoms with Gasteiger partial charge in [-0.3, -0.25) is 14.4 Å². The van der Waals surface area contributed by atoms with Crippen LogP contribution in [0.2, 0.25) is 0 Å². The van der Waals surface area contributed by atoms with Crippen molar-refractivity contribution in [2.24, 2.45) is 0 Å². The van der Waals surface area contributed by atoms with Gasteiger partial charge in [0.05, 0.1) is 18.7 Å². The minimum absolute atomic E-state index is 0.0581. The highest BCUT2D eigenvalue weighted by atomic mass is 16.5. The molecule has 1 atom stereocenters. The molecule has 7 heteroatoms. The molecular weight excluding hydrogens is 466 g/mol. The summed E-state index contributed by atoms with van der Waals surface area (Å²) < 4.78 is 5.48. The highest BCUT2D eigenvalue weighted by molar-refractivity contribution is 6.23. The molecule has 0 bridgehead atoms. The Labute approximate surface area is 215 Å². The zero-order valence-electron chi connectivity index (χ0n) is 20.9. The average molecular weight is 496 g/mol. The number of imide groups is 1. The molecule has 0 spiro atoms. The number of aryl methyl sites for hydroxylation is 1. The van der Waals surface area contributed by atoms with Crippen LogP contribution in [0.4, 0.5) is 5.69 Å².